The first kappa shape index (κ1) is 24.4. The maximum Gasteiger partial charge on any atom is 0.573 e. The number of ether oxygens (including phenoxy) is 1. The monoisotopic (exact) mass is 493 g/mol. The number of alkyl halides is 3. The van der Waals surface area contributed by atoms with Crippen molar-refractivity contribution in [2.75, 3.05) is 7.05 Å². The molecule has 5 nitrogen and oxygen atoms in total. The largest absolute Gasteiger partial charge is 0.573 e. The number of rotatable bonds is 4. The third-order valence-electron chi connectivity index (χ3n) is 7.11. The van der Waals surface area contributed by atoms with Crippen molar-refractivity contribution in [3.63, 3.8) is 0 Å². The van der Waals surface area contributed by atoms with Crippen LogP contribution in [-0.2, 0) is 7.05 Å². The summed E-state index contributed by atoms with van der Waals surface area (Å²) in [5.41, 5.74) is 2.37. The van der Waals surface area contributed by atoms with Gasteiger partial charge in [-0.2, -0.15) is 0 Å². The second-order valence-electron chi connectivity index (χ2n) is 9.07. The van der Waals surface area contributed by atoms with Crippen molar-refractivity contribution < 1.29 is 22.7 Å². The molecule has 2 atom stereocenters. The Morgan fingerprint density at radius 3 is 2.38 bits per heavy atom. The van der Waals surface area contributed by atoms with E-state index >= 15 is 0 Å². The summed E-state index contributed by atoms with van der Waals surface area (Å²) in [7, 11) is 3.97. The molecule has 2 aliphatic heterocycles. The van der Waals surface area contributed by atoms with Crippen LogP contribution in [-0.4, -0.2) is 46.9 Å². The molecule has 2 aromatic carbocycles. The van der Waals surface area contributed by atoms with Crippen LogP contribution < -0.4 is 10.1 Å². The Balaban J connectivity index is 0.00000274. The maximum absolute atomic E-state index is 13.6. The highest BCUT2D eigenvalue weighted by Crippen LogP contribution is 2.37. The summed E-state index contributed by atoms with van der Waals surface area (Å²) in [4.78, 5) is 16.0. The highest BCUT2D eigenvalue weighted by atomic mass is 35.5. The smallest absolute Gasteiger partial charge is 0.406 e. The molecule has 182 valence electrons. The lowest BCUT2D eigenvalue weighted by atomic mass is 9.97. The van der Waals surface area contributed by atoms with Crippen molar-refractivity contribution in [1.29, 1.82) is 0 Å². The molecule has 1 aromatic heterocycles. The van der Waals surface area contributed by atoms with Crippen molar-refractivity contribution in [1.82, 2.24) is 14.8 Å². The van der Waals surface area contributed by atoms with Gasteiger partial charge in [-0.25, -0.2) is 0 Å². The molecule has 3 heterocycles. The molecule has 34 heavy (non-hydrogen) atoms. The first-order valence-corrected chi connectivity index (χ1v) is 11.2. The van der Waals surface area contributed by atoms with E-state index in [2.05, 4.69) is 22.0 Å². The molecule has 3 aromatic rings. The van der Waals surface area contributed by atoms with Gasteiger partial charge < -0.3 is 19.5 Å². The van der Waals surface area contributed by atoms with Crippen LogP contribution in [0.25, 0.3) is 22.2 Å². The summed E-state index contributed by atoms with van der Waals surface area (Å²) >= 11 is 0. The summed E-state index contributed by atoms with van der Waals surface area (Å²) in [6, 6.07) is 14.4. The van der Waals surface area contributed by atoms with Crippen LogP contribution in [0, 0.1) is 0 Å². The van der Waals surface area contributed by atoms with E-state index in [1.807, 2.05) is 35.9 Å². The molecule has 1 amide bonds. The zero-order valence-corrected chi connectivity index (χ0v) is 19.7. The molecular weight excluding hydrogens is 467 g/mol. The number of nitrogens with zero attached hydrogens (tertiary/aromatic N) is 2. The Morgan fingerprint density at radius 1 is 1.03 bits per heavy atom. The minimum Gasteiger partial charge on any atom is -0.406 e. The number of carbonyl (C=O) groups is 1. The Kier molecular flexibility index (Phi) is 6.57. The number of carbonyl (C=O) groups excluding carboxylic acids is 1. The molecule has 0 aliphatic carbocycles. The van der Waals surface area contributed by atoms with Crippen molar-refractivity contribution in [2.24, 2.45) is 7.05 Å². The zero-order chi connectivity index (χ0) is 23.3. The number of amides is 1. The van der Waals surface area contributed by atoms with Gasteiger partial charge in [-0.1, -0.05) is 30.3 Å². The summed E-state index contributed by atoms with van der Waals surface area (Å²) < 4.78 is 44.4. The number of hydrogen-bond donors (Lipinski definition) is 1. The molecule has 0 saturated carbocycles. The van der Waals surface area contributed by atoms with E-state index in [0.29, 0.717) is 28.9 Å². The van der Waals surface area contributed by atoms with Gasteiger partial charge in [0.15, 0.2) is 0 Å². The fraction of sp³-hybridized carbons (Fsp3) is 0.400. The minimum absolute atomic E-state index is 0. The highest BCUT2D eigenvalue weighted by Gasteiger charge is 2.39. The van der Waals surface area contributed by atoms with Crippen LogP contribution in [0.15, 0.2) is 48.5 Å². The van der Waals surface area contributed by atoms with Gasteiger partial charge in [0.05, 0.1) is 11.3 Å². The number of fused-ring (bicyclic) bond motifs is 3. The Morgan fingerprint density at radius 2 is 1.71 bits per heavy atom. The molecule has 1 N–H and O–H groups in total. The van der Waals surface area contributed by atoms with Gasteiger partial charge in [0.2, 0.25) is 0 Å². The van der Waals surface area contributed by atoms with Crippen LogP contribution in [0.5, 0.6) is 5.75 Å². The number of benzene rings is 2. The molecule has 0 radical (unpaired) electrons. The maximum atomic E-state index is 13.6. The van der Waals surface area contributed by atoms with E-state index in [-0.39, 0.29) is 30.1 Å². The van der Waals surface area contributed by atoms with Gasteiger partial charge in [-0.15, -0.1) is 25.6 Å². The molecule has 2 saturated heterocycles. The number of piperidine rings is 1. The predicted molar refractivity (Wildman–Crippen MR) is 127 cm³/mol. The molecule has 2 unspecified atom stereocenters. The second kappa shape index (κ2) is 9.15. The zero-order valence-electron chi connectivity index (χ0n) is 18.9. The topological polar surface area (TPSA) is 46.5 Å². The molecule has 2 bridgehead atoms. The average Bonchev–Trinajstić information content (AvgIpc) is 3.14. The highest BCUT2D eigenvalue weighted by molar-refractivity contribution is 6.13. The van der Waals surface area contributed by atoms with Crippen LogP contribution in [0.2, 0.25) is 0 Å². The summed E-state index contributed by atoms with van der Waals surface area (Å²) in [5.74, 6) is -0.513. The van der Waals surface area contributed by atoms with Crippen molar-refractivity contribution in [3.05, 3.63) is 54.1 Å². The summed E-state index contributed by atoms with van der Waals surface area (Å²) in [6.07, 6.45) is -0.662. The Labute approximate surface area is 202 Å². The van der Waals surface area contributed by atoms with Gasteiger partial charge in [-0.3, -0.25) is 4.79 Å². The first-order chi connectivity index (χ1) is 15.7. The number of halogens is 4. The van der Waals surface area contributed by atoms with Crippen LogP contribution in [0.3, 0.4) is 0 Å². The fourth-order valence-electron chi connectivity index (χ4n) is 5.59. The van der Waals surface area contributed by atoms with E-state index in [9.17, 15) is 18.0 Å². The van der Waals surface area contributed by atoms with E-state index < -0.39 is 6.36 Å². The second-order valence-corrected chi connectivity index (χ2v) is 9.07. The van der Waals surface area contributed by atoms with E-state index in [1.54, 1.807) is 6.07 Å². The van der Waals surface area contributed by atoms with Gasteiger partial charge in [0.25, 0.3) is 5.91 Å². The van der Waals surface area contributed by atoms with Crippen molar-refractivity contribution >= 4 is 29.2 Å². The van der Waals surface area contributed by atoms with E-state index in [0.717, 1.165) is 36.6 Å². The number of nitrogens with one attached hydrogen (secondary N) is 1. The third kappa shape index (κ3) is 4.49. The quantitative estimate of drug-likeness (QED) is 0.520. The first-order valence-electron chi connectivity index (χ1n) is 11.2. The van der Waals surface area contributed by atoms with Gasteiger partial charge in [0, 0.05) is 41.6 Å². The normalized spacial score (nSPS) is 22.4. The summed E-state index contributed by atoms with van der Waals surface area (Å²) in [6.45, 7) is 0. The Hall–Kier alpha value is -2.71. The van der Waals surface area contributed by atoms with Crippen LogP contribution >= 0.6 is 12.4 Å². The summed E-state index contributed by atoms with van der Waals surface area (Å²) in [5, 5.41) is 4.00. The van der Waals surface area contributed by atoms with Crippen molar-refractivity contribution in [2.45, 2.75) is 50.2 Å². The van der Waals surface area contributed by atoms with Gasteiger partial charge in [-0.05, 0) is 50.9 Å². The Bertz CT molecular complexity index is 1200. The standard InChI is InChI=1S/C25H26F3N3O2.ClH/c1-30-17-10-11-18(30)14-16(13-17)29-24(32)22-20-8-3-4-9-21(20)31(2)23(22)15-6-5-7-19(12-15)33-25(26,27)28;/h3-9,12,16-18H,10-11,13-14H2,1-2H3,(H,29,32);1H. The SMILES string of the molecule is CN1C2CCC1CC(NC(=O)c1c(-c3cccc(OC(F)(F)F)c3)n(C)c3ccccc13)C2.Cl. The molecule has 2 aliphatic rings. The number of hydrogen-bond acceptors (Lipinski definition) is 3. The van der Waals surface area contributed by atoms with Crippen LogP contribution in [0.1, 0.15) is 36.0 Å². The van der Waals surface area contributed by atoms with Gasteiger partial charge >= 0.3 is 6.36 Å². The third-order valence-corrected chi connectivity index (χ3v) is 7.11. The van der Waals surface area contributed by atoms with E-state index in [4.69, 9.17) is 0 Å². The molecule has 5 rings (SSSR count). The lowest BCUT2D eigenvalue weighted by molar-refractivity contribution is -0.274. The van der Waals surface area contributed by atoms with Crippen molar-refractivity contribution in [3.8, 4) is 17.0 Å². The predicted octanol–water partition coefficient (Wildman–Crippen LogP) is 5.52. The van der Waals surface area contributed by atoms with E-state index in [1.165, 1.54) is 18.2 Å². The minimum atomic E-state index is -4.79. The lowest BCUT2D eigenvalue weighted by Crippen LogP contribution is -2.48. The molecular formula is C25H27ClF3N3O2. The molecule has 0 spiro atoms. The molecule has 9 heteroatoms. The average molecular weight is 494 g/mol. The molecule has 2 fully saturated rings. The van der Waals surface area contributed by atoms with Gasteiger partial charge in [0.1, 0.15) is 5.75 Å². The number of aromatic nitrogens is 1. The fourth-order valence-corrected chi connectivity index (χ4v) is 5.59. The van der Waals surface area contributed by atoms with Crippen LogP contribution in [0.4, 0.5) is 13.2 Å². The number of para-hydroxylation sites is 1. The lowest BCUT2D eigenvalue weighted by Gasteiger charge is -2.36. The number of aryl methyl sites for hydroxylation is 1.